The van der Waals surface area contributed by atoms with Gasteiger partial charge in [0.25, 0.3) is 0 Å². The molecule has 306 valence electrons. The first-order valence-corrected chi connectivity index (χ1v) is 22.5. The maximum Gasteiger partial charge on any atom is 0.164 e. The van der Waals surface area contributed by atoms with E-state index in [0.29, 0.717) is 17.5 Å². The van der Waals surface area contributed by atoms with Gasteiger partial charge in [0.15, 0.2) is 17.5 Å². The molecule has 0 aliphatic heterocycles. The molecule has 10 aromatic rings. The fraction of sp³-hybridized carbons (Fsp3) is 0.0820. The molecule has 0 spiro atoms. The summed E-state index contributed by atoms with van der Waals surface area (Å²) in [5.74, 6) is 2.22. The standard InChI is InChI=1S/C61H42N4/c1-61(2)54-20-9-8-15-45(54)50-18-10-19-51(57(50)61)60-64-58(41-27-25-38(26-28-41)37-12-4-3-5-13-37)63-59(65-60)43-30-32-49-53(35-43)56-47-17-7-6-16-46(47)55(49)52-34-42(29-31-48(52)56)39-21-23-40(24-22-39)44-14-11-33-62-36-44/h3-36,55-56H,1-2H3. The number of hydrogen-bond donors (Lipinski definition) is 0. The molecule has 2 unspecified atom stereocenters. The normalized spacial score (nSPS) is 15.7. The van der Waals surface area contributed by atoms with Crippen molar-refractivity contribution in [3.63, 3.8) is 0 Å². The van der Waals surface area contributed by atoms with Crippen molar-refractivity contribution in [1.29, 1.82) is 0 Å². The minimum absolute atomic E-state index is 0.0890. The van der Waals surface area contributed by atoms with Crippen LogP contribution in [0.5, 0.6) is 0 Å². The van der Waals surface area contributed by atoms with Crippen LogP contribution < -0.4 is 0 Å². The summed E-state index contributed by atoms with van der Waals surface area (Å²) in [7, 11) is 0. The van der Waals surface area contributed by atoms with E-state index in [2.05, 4.69) is 207 Å². The van der Waals surface area contributed by atoms with Crippen LogP contribution in [0.4, 0.5) is 0 Å². The van der Waals surface area contributed by atoms with Gasteiger partial charge in [0, 0.05) is 46.3 Å². The van der Waals surface area contributed by atoms with E-state index in [0.717, 1.165) is 33.4 Å². The highest BCUT2D eigenvalue weighted by molar-refractivity contribution is 5.87. The third kappa shape index (κ3) is 5.91. The SMILES string of the molecule is CC1(C)c2ccccc2-c2cccc(-c3nc(-c4ccc(-c5ccccc5)cc4)nc(-c4ccc5c(c4)C4c6ccccc6C5c5cc(-c6ccc(-c7cccnc7)cc6)ccc54)n3)c21. The number of fused-ring (bicyclic) bond motifs is 3. The Bertz CT molecular complexity index is 3500. The zero-order valence-corrected chi connectivity index (χ0v) is 36.1. The minimum Gasteiger partial charge on any atom is -0.264 e. The van der Waals surface area contributed by atoms with Gasteiger partial charge in [0.2, 0.25) is 0 Å². The Kier molecular flexibility index (Phi) is 8.35. The molecule has 0 fully saturated rings. The summed E-state index contributed by atoms with van der Waals surface area (Å²) in [5.41, 5.74) is 23.1. The van der Waals surface area contributed by atoms with E-state index >= 15 is 0 Å². The Morgan fingerprint density at radius 2 is 0.815 bits per heavy atom. The highest BCUT2D eigenvalue weighted by Crippen LogP contribution is 2.57. The predicted molar refractivity (Wildman–Crippen MR) is 263 cm³/mol. The summed E-state index contributed by atoms with van der Waals surface area (Å²) < 4.78 is 0. The molecule has 0 saturated carbocycles. The van der Waals surface area contributed by atoms with Crippen molar-refractivity contribution >= 4 is 0 Å². The quantitative estimate of drug-likeness (QED) is 0.167. The van der Waals surface area contributed by atoms with E-state index in [1.54, 1.807) is 0 Å². The van der Waals surface area contributed by atoms with E-state index in [-0.39, 0.29) is 17.3 Å². The fourth-order valence-electron chi connectivity index (χ4n) is 11.2. The van der Waals surface area contributed by atoms with Gasteiger partial charge >= 0.3 is 0 Å². The van der Waals surface area contributed by atoms with Gasteiger partial charge in [-0.15, -0.1) is 0 Å². The van der Waals surface area contributed by atoms with Gasteiger partial charge in [-0.25, -0.2) is 15.0 Å². The molecular weight excluding hydrogens is 789 g/mol. The molecule has 2 bridgehead atoms. The van der Waals surface area contributed by atoms with Crippen LogP contribution in [0.1, 0.15) is 70.2 Å². The van der Waals surface area contributed by atoms with Crippen molar-refractivity contribution in [2.75, 3.05) is 0 Å². The van der Waals surface area contributed by atoms with Crippen LogP contribution in [0.2, 0.25) is 0 Å². The zero-order chi connectivity index (χ0) is 43.2. The van der Waals surface area contributed by atoms with Gasteiger partial charge < -0.3 is 0 Å². The van der Waals surface area contributed by atoms with E-state index in [4.69, 9.17) is 15.0 Å². The van der Waals surface area contributed by atoms with Gasteiger partial charge in [-0.2, -0.15) is 0 Å². The first-order valence-electron chi connectivity index (χ1n) is 22.5. The second kappa shape index (κ2) is 14.5. The lowest BCUT2D eigenvalue weighted by atomic mass is 9.60. The molecule has 2 heterocycles. The van der Waals surface area contributed by atoms with Crippen LogP contribution in [0, 0.1) is 0 Å². The van der Waals surface area contributed by atoms with E-state index < -0.39 is 0 Å². The van der Waals surface area contributed by atoms with Crippen molar-refractivity contribution in [3.8, 4) is 78.7 Å². The topological polar surface area (TPSA) is 51.6 Å². The van der Waals surface area contributed by atoms with Crippen molar-refractivity contribution in [3.05, 3.63) is 251 Å². The lowest BCUT2D eigenvalue weighted by Crippen LogP contribution is -2.27. The molecule has 4 aliphatic carbocycles. The summed E-state index contributed by atoms with van der Waals surface area (Å²) in [4.78, 5) is 20.4. The summed E-state index contributed by atoms with van der Waals surface area (Å²) in [6, 6.07) is 70.5. The van der Waals surface area contributed by atoms with Crippen LogP contribution in [0.3, 0.4) is 0 Å². The molecule has 8 aromatic carbocycles. The van der Waals surface area contributed by atoms with Crippen LogP contribution >= 0.6 is 0 Å². The Morgan fingerprint density at radius 3 is 1.51 bits per heavy atom. The van der Waals surface area contributed by atoms with Crippen LogP contribution in [-0.4, -0.2) is 19.9 Å². The van der Waals surface area contributed by atoms with Crippen molar-refractivity contribution < 1.29 is 0 Å². The molecule has 65 heavy (non-hydrogen) atoms. The van der Waals surface area contributed by atoms with Gasteiger partial charge in [-0.1, -0.05) is 190 Å². The number of pyridine rings is 1. The van der Waals surface area contributed by atoms with E-state index in [9.17, 15) is 0 Å². The predicted octanol–water partition coefficient (Wildman–Crippen LogP) is 14.6. The van der Waals surface area contributed by atoms with E-state index in [1.165, 1.54) is 72.3 Å². The summed E-state index contributed by atoms with van der Waals surface area (Å²) >= 11 is 0. The maximum atomic E-state index is 5.41. The number of benzene rings is 8. The average molecular weight is 831 g/mol. The highest BCUT2D eigenvalue weighted by Gasteiger charge is 2.42. The number of aromatic nitrogens is 4. The molecular formula is C61H42N4. The van der Waals surface area contributed by atoms with Gasteiger partial charge in [-0.05, 0) is 107 Å². The number of nitrogens with zero attached hydrogens (tertiary/aromatic N) is 4. The minimum atomic E-state index is -0.234. The summed E-state index contributed by atoms with van der Waals surface area (Å²) in [5, 5.41) is 0. The lowest BCUT2D eigenvalue weighted by molar-refractivity contribution is 0.661. The van der Waals surface area contributed by atoms with E-state index in [1.807, 2.05) is 18.5 Å². The monoisotopic (exact) mass is 830 g/mol. The number of rotatable bonds is 6. The average Bonchev–Trinajstić information content (AvgIpc) is 3.62. The van der Waals surface area contributed by atoms with Crippen LogP contribution in [0.15, 0.2) is 207 Å². The first kappa shape index (κ1) is 37.5. The largest absolute Gasteiger partial charge is 0.264 e. The first-order chi connectivity index (χ1) is 32.0. The van der Waals surface area contributed by atoms with Crippen molar-refractivity contribution in [2.24, 2.45) is 0 Å². The molecule has 2 aromatic heterocycles. The molecule has 14 rings (SSSR count). The molecule has 0 radical (unpaired) electrons. The Morgan fingerprint density at radius 1 is 0.338 bits per heavy atom. The highest BCUT2D eigenvalue weighted by atomic mass is 15.0. The second-order valence-electron chi connectivity index (χ2n) is 18.1. The van der Waals surface area contributed by atoms with Crippen molar-refractivity contribution in [1.82, 2.24) is 19.9 Å². The van der Waals surface area contributed by atoms with Gasteiger partial charge in [0.1, 0.15) is 0 Å². The number of hydrogen-bond acceptors (Lipinski definition) is 4. The third-order valence-corrected chi connectivity index (χ3v) is 14.2. The summed E-state index contributed by atoms with van der Waals surface area (Å²) in [6.07, 6.45) is 3.74. The van der Waals surface area contributed by atoms with Gasteiger partial charge in [-0.3, -0.25) is 4.98 Å². The molecule has 0 amide bonds. The van der Waals surface area contributed by atoms with Crippen molar-refractivity contribution in [2.45, 2.75) is 31.1 Å². The Balaban J connectivity index is 0.938. The summed E-state index contributed by atoms with van der Waals surface area (Å²) in [6.45, 7) is 4.65. The van der Waals surface area contributed by atoms with Gasteiger partial charge in [0.05, 0.1) is 0 Å². The third-order valence-electron chi connectivity index (χ3n) is 14.2. The molecule has 0 saturated heterocycles. The second-order valence-corrected chi connectivity index (χ2v) is 18.1. The fourth-order valence-corrected chi connectivity index (χ4v) is 11.2. The maximum absolute atomic E-state index is 5.41. The molecule has 4 nitrogen and oxygen atoms in total. The molecule has 4 aliphatic rings. The van der Waals surface area contributed by atoms with Crippen LogP contribution in [0.25, 0.3) is 78.7 Å². The Labute approximate surface area is 379 Å². The molecule has 0 N–H and O–H groups in total. The zero-order valence-electron chi connectivity index (χ0n) is 36.1. The Hall–Kier alpha value is -8.08. The molecule has 2 atom stereocenters. The smallest absolute Gasteiger partial charge is 0.164 e. The van der Waals surface area contributed by atoms with Crippen LogP contribution in [-0.2, 0) is 5.41 Å². The molecule has 4 heteroatoms. The lowest BCUT2D eigenvalue weighted by Gasteiger charge is -2.42.